The van der Waals surface area contributed by atoms with E-state index in [1.807, 2.05) is 36.4 Å². The summed E-state index contributed by atoms with van der Waals surface area (Å²) in [6.07, 6.45) is 0. The molecule has 0 atom stereocenters. The van der Waals surface area contributed by atoms with Gasteiger partial charge in [0.2, 0.25) is 0 Å². The molecule has 1 heterocycles. The zero-order chi connectivity index (χ0) is 34.4. The predicted molar refractivity (Wildman–Crippen MR) is 212 cm³/mol. The van der Waals surface area contributed by atoms with Gasteiger partial charge in [-0.2, -0.15) is 0 Å². The van der Waals surface area contributed by atoms with E-state index in [2.05, 4.69) is 159 Å². The van der Waals surface area contributed by atoms with E-state index in [1.165, 1.54) is 44.5 Å². The van der Waals surface area contributed by atoms with Gasteiger partial charge < -0.3 is 0 Å². The average molecular weight is 653 g/mol. The zero-order valence-corrected chi connectivity index (χ0v) is 28.7. The predicted octanol–water partition coefficient (Wildman–Crippen LogP) is 12.8. The lowest BCUT2D eigenvalue weighted by Gasteiger charge is -2.22. The Morgan fingerprint density at radius 3 is 1.27 bits per heavy atom. The summed E-state index contributed by atoms with van der Waals surface area (Å²) in [6, 6.07) is 64.9. The van der Waals surface area contributed by atoms with Crippen molar-refractivity contribution in [1.29, 1.82) is 0 Å². The number of benzene rings is 7. The molecule has 1 aliphatic carbocycles. The number of fused-ring (bicyclic) bond motifs is 3. The van der Waals surface area contributed by atoms with Crippen molar-refractivity contribution < 1.29 is 0 Å². The average Bonchev–Trinajstić information content (AvgIpc) is 3.44. The third-order valence-corrected chi connectivity index (χ3v) is 10.3. The standard InChI is InChI=1S/C49H36N2/c1-49(2)44-25-10-9-24-42(44)43-27-26-40(31-45(43)49)38-21-12-19-36(29-38)35-18-11-20-37(28-35)39-22-13-23-41(30-39)48-50-46(33-14-5-3-6-15-33)32-47(51-48)34-16-7-4-8-17-34/h3-32H,1-2H3. The van der Waals surface area contributed by atoms with Crippen LogP contribution in [-0.2, 0) is 5.41 Å². The van der Waals surface area contributed by atoms with Crippen LogP contribution in [0.15, 0.2) is 182 Å². The normalized spacial score (nSPS) is 12.7. The molecule has 1 aliphatic rings. The molecule has 2 heteroatoms. The van der Waals surface area contributed by atoms with Crippen molar-refractivity contribution in [3.05, 3.63) is 193 Å². The van der Waals surface area contributed by atoms with E-state index in [0.717, 1.165) is 39.2 Å². The minimum atomic E-state index is -0.0283. The third kappa shape index (κ3) is 5.65. The quantitative estimate of drug-likeness (QED) is 0.179. The highest BCUT2D eigenvalue weighted by Crippen LogP contribution is 2.49. The lowest BCUT2D eigenvalue weighted by molar-refractivity contribution is 0.660. The zero-order valence-electron chi connectivity index (χ0n) is 28.7. The summed E-state index contributed by atoms with van der Waals surface area (Å²) in [7, 11) is 0. The fraction of sp³-hybridized carbons (Fsp3) is 0.0612. The molecule has 0 aliphatic heterocycles. The molecular formula is C49H36N2. The maximum atomic E-state index is 5.07. The maximum absolute atomic E-state index is 5.07. The molecule has 9 rings (SSSR count). The van der Waals surface area contributed by atoms with Crippen LogP contribution in [-0.4, -0.2) is 9.97 Å². The Balaban J connectivity index is 1.06. The van der Waals surface area contributed by atoms with Gasteiger partial charge in [-0.1, -0.05) is 166 Å². The first-order valence-electron chi connectivity index (χ1n) is 17.6. The van der Waals surface area contributed by atoms with Crippen LogP contribution in [0.4, 0.5) is 0 Å². The summed E-state index contributed by atoms with van der Waals surface area (Å²) in [6.45, 7) is 4.68. The molecule has 51 heavy (non-hydrogen) atoms. The molecule has 0 N–H and O–H groups in total. The monoisotopic (exact) mass is 652 g/mol. The van der Waals surface area contributed by atoms with Crippen LogP contribution in [0.2, 0.25) is 0 Å². The van der Waals surface area contributed by atoms with E-state index in [1.54, 1.807) is 0 Å². The first-order chi connectivity index (χ1) is 25.0. The molecule has 0 radical (unpaired) electrons. The van der Waals surface area contributed by atoms with Crippen LogP contribution >= 0.6 is 0 Å². The molecule has 7 aromatic carbocycles. The topological polar surface area (TPSA) is 25.8 Å². The largest absolute Gasteiger partial charge is 0.228 e. The molecule has 0 bridgehead atoms. The molecule has 0 unspecified atom stereocenters. The van der Waals surface area contributed by atoms with Crippen molar-refractivity contribution in [3.8, 4) is 78.4 Å². The van der Waals surface area contributed by atoms with Crippen molar-refractivity contribution in [1.82, 2.24) is 9.97 Å². The van der Waals surface area contributed by atoms with Crippen molar-refractivity contribution in [2.75, 3.05) is 0 Å². The van der Waals surface area contributed by atoms with Gasteiger partial charge in [0.05, 0.1) is 11.4 Å². The SMILES string of the molecule is CC1(C)c2ccccc2-c2ccc(-c3cccc(-c4cccc(-c5cccc(-c6nc(-c7ccccc7)cc(-c7ccccc7)n6)c5)c4)c3)cc21. The van der Waals surface area contributed by atoms with Crippen molar-refractivity contribution in [3.63, 3.8) is 0 Å². The summed E-state index contributed by atoms with van der Waals surface area (Å²) in [5.41, 5.74) is 17.5. The minimum Gasteiger partial charge on any atom is -0.228 e. The van der Waals surface area contributed by atoms with E-state index in [-0.39, 0.29) is 5.41 Å². The number of hydrogen-bond donors (Lipinski definition) is 0. The van der Waals surface area contributed by atoms with Gasteiger partial charge in [0, 0.05) is 22.1 Å². The van der Waals surface area contributed by atoms with E-state index < -0.39 is 0 Å². The van der Waals surface area contributed by atoms with E-state index in [9.17, 15) is 0 Å². The summed E-state index contributed by atoms with van der Waals surface area (Å²) < 4.78 is 0. The number of aromatic nitrogens is 2. The van der Waals surface area contributed by atoms with Crippen molar-refractivity contribution in [2.24, 2.45) is 0 Å². The van der Waals surface area contributed by atoms with Gasteiger partial charge in [0.15, 0.2) is 5.82 Å². The lowest BCUT2D eigenvalue weighted by atomic mass is 9.81. The van der Waals surface area contributed by atoms with Crippen LogP contribution in [0.5, 0.6) is 0 Å². The summed E-state index contributed by atoms with van der Waals surface area (Å²) in [5, 5.41) is 0. The van der Waals surface area contributed by atoms with Gasteiger partial charge in [-0.3, -0.25) is 0 Å². The molecule has 0 spiro atoms. The van der Waals surface area contributed by atoms with Gasteiger partial charge in [-0.05, 0) is 86.0 Å². The van der Waals surface area contributed by atoms with Gasteiger partial charge in [0.25, 0.3) is 0 Å². The van der Waals surface area contributed by atoms with Crippen LogP contribution in [0.25, 0.3) is 78.4 Å². The Kier molecular flexibility index (Phi) is 7.51. The highest BCUT2D eigenvalue weighted by Gasteiger charge is 2.35. The second-order valence-corrected chi connectivity index (χ2v) is 13.9. The molecule has 8 aromatic rings. The maximum Gasteiger partial charge on any atom is 0.160 e. The Morgan fingerprint density at radius 1 is 0.314 bits per heavy atom. The second kappa shape index (κ2) is 12.5. The first kappa shape index (κ1) is 30.7. The number of nitrogens with zero attached hydrogens (tertiary/aromatic N) is 2. The third-order valence-electron chi connectivity index (χ3n) is 10.3. The van der Waals surface area contributed by atoms with Crippen LogP contribution < -0.4 is 0 Å². The fourth-order valence-corrected chi connectivity index (χ4v) is 7.57. The minimum absolute atomic E-state index is 0.0283. The molecule has 0 saturated heterocycles. The molecular weight excluding hydrogens is 617 g/mol. The van der Waals surface area contributed by atoms with E-state index >= 15 is 0 Å². The fourth-order valence-electron chi connectivity index (χ4n) is 7.57. The van der Waals surface area contributed by atoms with Crippen molar-refractivity contribution >= 4 is 0 Å². The molecule has 0 amide bonds. The van der Waals surface area contributed by atoms with Crippen molar-refractivity contribution in [2.45, 2.75) is 19.3 Å². The summed E-state index contributed by atoms with van der Waals surface area (Å²) in [4.78, 5) is 10.1. The summed E-state index contributed by atoms with van der Waals surface area (Å²) >= 11 is 0. The smallest absolute Gasteiger partial charge is 0.160 e. The highest BCUT2D eigenvalue weighted by molar-refractivity contribution is 5.85. The molecule has 0 saturated carbocycles. The number of rotatable bonds is 6. The molecule has 1 aromatic heterocycles. The Morgan fingerprint density at radius 2 is 0.725 bits per heavy atom. The Labute approximate surface area is 299 Å². The molecule has 2 nitrogen and oxygen atoms in total. The molecule has 242 valence electrons. The van der Waals surface area contributed by atoms with Crippen LogP contribution in [0, 0.1) is 0 Å². The Bertz CT molecular complexity index is 2490. The van der Waals surface area contributed by atoms with Crippen LogP contribution in [0.1, 0.15) is 25.0 Å². The first-order valence-corrected chi connectivity index (χ1v) is 17.6. The van der Waals surface area contributed by atoms with Gasteiger partial charge in [0.1, 0.15) is 0 Å². The molecule has 0 fully saturated rings. The van der Waals surface area contributed by atoms with E-state index in [0.29, 0.717) is 5.82 Å². The highest BCUT2D eigenvalue weighted by atomic mass is 14.9. The Hall–Kier alpha value is -6.38. The summed E-state index contributed by atoms with van der Waals surface area (Å²) in [5.74, 6) is 0.710. The second-order valence-electron chi connectivity index (χ2n) is 13.9. The van der Waals surface area contributed by atoms with Gasteiger partial charge in [-0.25, -0.2) is 9.97 Å². The van der Waals surface area contributed by atoms with E-state index in [4.69, 9.17) is 9.97 Å². The van der Waals surface area contributed by atoms with Crippen LogP contribution in [0.3, 0.4) is 0 Å². The lowest BCUT2D eigenvalue weighted by Crippen LogP contribution is -2.14. The van der Waals surface area contributed by atoms with Gasteiger partial charge >= 0.3 is 0 Å². The number of hydrogen-bond acceptors (Lipinski definition) is 2. The van der Waals surface area contributed by atoms with Gasteiger partial charge in [-0.15, -0.1) is 0 Å².